The summed E-state index contributed by atoms with van der Waals surface area (Å²) in [5, 5.41) is 3.29. The van der Waals surface area contributed by atoms with Crippen LogP contribution >= 0.6 is 11.6 Å². The number of anilines is 1. The monoisotopic (exact) mass is 537 g/mol. The van der Waals surface area contributed by atoms with Crippen LogP contribution in [0.3, 0.4) is 0 Å². The van der Waals surface area contributed by atoms with Crippen molar-refractivity contribution in [2.24, 2.45) is 0 Å². The Morgan fingerprint density at radius 1 is 1.14 bits per heavy atom. The maximum Gasteiger partial charge on any atom is 0.244 e. The van der Waals surface area contributed by atoms with Gasteiger partial charge in [0.2, 0.25) is 21.8 Å². The molecule has 0 aliphatic carbocycles. The molecule has 1 unspecified atom stereocenters. The summed E-state index contributed by atoms with van der Waals surface area (Å²) in [7, 11) is -2.27. The molecule has 0 aliphatic rings. The Bertz CT molecular complexity index is 1160. The number of nitrogens with one attached hydrogen (secondary N) is 1. The molecule has 0 bridgehead atoms. The summed E-state index contributed by atoms with van der Waals surface area (Å²) < 4.78 is 31.7. The predicted molar refractivity (Wildman–Crippen MR) is 144 cm³/mol. The standard InChI is InChI=1S/C26H36ClN3O5S/c1-6-8-14-28-26(32)24(7-2)29(17-20-10-9-11-22(15-20)35-4)25(31)18-30(36(5,33)34)21-13-12-19(3)23(27)16-21/h9-13,15-16,24H,6-8,14,17-18H2,1-5H3,(H,28,32). The summed E-state index contributed by atoms with van der Waals surface area (Å²) in [5.74, 6) is -0.156. The van der Waals surface area contributed by atoms with Gasteiger partial charge in [0, 0.05) is 18.1 Å². The van der Waals surface area contributed by atoms with Crippen molar-refractivity contribution in [3.05, 3.63) is 58.6 Å². The average Bonchev–Trinajstić information content (AvgIpc) is 2.83. The molecule has 198 valence electrons. The Hall–Kier alpha value is -2.78. The lowest BCUT2D eigenvalue weighted by molar-refractivity contribution is -0.140. The molecular formula is C26H36ClN3O5S. The molecule has 0 radical (unpaired) electrons. The van der Waals surface area contributed by atoms with E-state index in [4.69, 9.17) is 16.3 Å². The molecule has 0 spiro atoms. The summed E-state index contributed by atoms with van der Waals surface area (Å²) >= 11 is 6.24. The summed E-state index contributed by atoms with van der Waals surface area (Å²) in [6.45, 7) is 5.80. The zero-order valence-electron chi connectivity index (χ0n) is 21.6. The maximum atomic E-state index is 13.7. The van der Waals surface area contributed by atoms with Gasteiger partial charge >= 0.3 is 0 Å². The molecule has 1 N–H and O–H groups in total. The Kier molecular flexibility index (Phi) is 11.0. The first-order chi connectivity index (χ1) is 17.0. The molecule has 2 aromatic rings. The van der Waals surface area contributed by atoms with Crippen molar-refractivity contribution in [2.75, 3.05) is 30.8 Å². The van der Waals surface area contributed by atoms with Crippen LogP contribution in [-0.2, 0) is 26.2 Å². The quantitative estimate of drug-likeness (QED) is 0.387. The lowest BCUT2D eigenvalue weighted by atomic mass is 10.1. The number of sulfonamides is 1. The van der Waals surface area contributed by atoms with Gasteiger partial charge in [-0.15, -0.1) is 0 Å². The topological polar surface area (TPSA) is 96.0 Å². The summed E-state index contributed by atoms with van der Waals surface area (Å²) in [6, 6.07) is 11.3. The van der Waals surface area contributed by atoms with Crippen LogP contribution < -0.4 is 14.4 Å². The third-order valence-corrected chi connectivity index (χ3v) is 7.37. The Morgan fingerprint density at radius 2 is 1.86 bits per heavy atom. The molecule has 0 saturated heterocycles. The second-order valence-electron chi connectivity index (χ2n) is 8.64. The van der Waals surface area contributed by atoms with Crippen LogP contribution in [0.4, 0.5) is 5.69 Å². The van der Waals surface area contributed by atoms with Crippen LogP contribution in [0.2, 0.25) is 5.02 Å². The van der Waals surface area contributed by atoms with E-state index in [1.54, 1.807) is 44.4 Å². The first kappa shape index (κ1) is 29.5. The van der Waals surface area contributed by atoms with Crippen molar-refractivity contribution in [1.29, 1.82) is 0 Å². The van der Waals surface area contributed by atoms with Gasteiger partial charge in [0.05, 0.1) is 19.1 Å². The zero-order valence-corrected chi connectivity index (χ0v) is 23.2. The molecule has 0 aromatic heterocycles. The van der Waals surface area contributed by atoms with E-state index in [1.807, 2.05) is 19.9 Å². The van der Waals surface area contributed by atoms with Gasteiger partial charge in [-0.2, -0.15) is 0 Å². The van der Waals surface area contributed by atoms with Crippen LogP contribution in [0.5, 0.6) is 5.75 Å². The Labute approximate surface area is 219 Å². The number of hydrogen-bond donors (Lipinski definition) is 1. The van der Waals surface area contributed by atoms with Crippen molar-refractivity contribution >= 4 is 39.1 Å². The number of carbonyl (C=O) groups excluding carboxylic acids is 2. The van der Waals surface area contributed by atoms with E-state index in [0.717, 1.165) is 34.5 Å². The number of amides is 2. The van der Waals surface area contributed by atoms with Gasteiger partial charge in [0.25, 0.3) is 0 Å². The molecule has 0 fully saturated rings. The SMILES string of the molecule is CCCCNC(=O)C(CC)N(Cc1cccc(OC)c1)C(=O)CN(c1ccc(C)c(Cl)c1)S(C)(=O)=O. The van der Waals surface area contributed by atoms with Gasteiger partial charge in [-0.3, -0.25) is 13.9 Å². The van der Waals surface area contributed by atoms with Crippen LogP contribution in [-0.4, -0.2) is 57.6 Å². The lowest BCUT2D eigenvalue weighted by Crippen LogP contribution is -2.52. The van der Waals surface area contributed by atoms with Gasteiger partial charge < -0.3 is 15.0 Å². The van der Waals surface area contributed by atoms with E-state index in [9.17, 15) is 18.0 Å². The normalized spacial score (nSPS) is 12.1. The number of nitrogens with zero attached hydrogens (tertiary/aromatic N) is 2. The summed E-state index contributed by atoms with van der Waals surface area (Å²) in [6.07, 6.45) is 3.14. The molecule has 2 aromatic carbocycles. The fourth-order valence-electron chi connectivity index (χ4n) is 3.74. The third kappa shape index (κ3) is 8.13. The average molecular weight is 538 g/mol. The number of methoxy groups -OCH3 is 1. The van der Waals surface area contributed by atoms with E-state index in [-0.39, 0.29) is 18.1 Å². The van der Waals surface area contributed by atoms with E-state index in [0.29, 0.717) is 23.7 Å². The minimum atomic E-state index is -3.82. The number of unbranched alkanes of at least 4 members (excludes halogenated alkanes) is 1. The van der Waals surface area contributed by atoms with Crippen LogP contribution in [0.25, 0.3) is 0 Å². The molecule has 0 aliphatic heterocycles. The Balaban J connectivity index is 2.44. The van der Waals surface area contributed by atoms with Crippen LogP contribution in [0, 0.1) is 6.92 Å². The second-order valence-corrected chi connectivity index (χ2v) is 11.0. The van der Waals surface area contributed by atoms with Crippen molar-refractivity contribution in [2.45, 2.75) is 52.6 Å². The fourth-order valence-corrected chi connectivity index (χ4v) is 4.76. The third-order valence-electron chi connectivity index (χ3n) is 5.83. The van der Waals surface area contributed by atoms with Gasteiger partial charge in [-0.25, -0.2) is 8.42 Å². The number of halogens is 1. The lowest BCUT2D eigenvalue weighted by Gasteiger charge is -2.33. The van der Waals surface area contributed by atoms with E-state index in [2.05, 4.69) is 5.32 Å². The van der Waals surface area contributed by atoms with Gasteiger partial charge in [0.15, 0.2) is 0 Å². The molecule has 2 rings (SSSR count). The second kappa shape index (κ2) is 13.5. The van der Waals surface area contributed by atoms with E-state index < -0.39 is 28.5 Å². The van der Waals surface area contributed by atoms with Gasteiger partial charge in [-0.05, 0) is 55.2 Å². The number of ether oxygens (including phenoxy) is 1. The van der Waals surface area contributed by atoms with E-state index in [1.165, 1.54) is 11.0 Å². The number of benzene rings is 2. The number of rotatable bonds is 13. The molecule has 8 nitrogen and oxygen atoms in total. The highest BCUT2D eigenvalue weighted by Crippen LogP contribution is 2.26. The molecular weight excluding hydrogens is 502 g/mol. The summed E-state index contributed by atoms with van der Waals surface area (Å²) in [5.41, 5.74) is 1.82. The first-order valence-corrected chi connectivity index (χ1v) is 14.2. The zero-order chi connectivity index (χ0) is 26.9. The smallest absolute Gasteiger partial charge is 0.244 e. The van der Waals surface area contributed by atoms with Crippen LogP contribution in [0.15, 0.2) is 42.5 Å². The van der Waals surface area contributed by atoms with Crippen molar-refractivity contribution in [3.63, 3.8) is 0 Å². The molecule has 2 amide bonds. The maximum absolute atomic E-state index is 13.7. The van der Waals surface area contributed by atoms with E-state index >= 15 is 0 Å². The molecule has 10 heteroatoms. The molecule has 36 heavy (non-hydrogen) atoms. The highest BCUT2D eigenvalue weighted by molar-refractivity contribution is 7.92. The molecule has 0 heterocycles. The van der Waals surface area contributed by atoms with Crippen molar-refractivity contribution in [1.82, 2.24) is 10.2 Å². The number of carbonyl (C=O) groups is 2. The summed E-state index contributed by atoms with van der Waals surface area (Å²) in [4.78, 5) is 28.2. The highest BCUT2D eigenvalue weighted by atomic mass is 35.5. The number of hydrogen-bond acceptors (Lipinski definition) is 5. The minimum absolute atomic E-state index is 0.113. The Morgan fingerprint density at radius 3 is 2.44 bits per heavy atom. The minimum Gasteiger partial charge on any atom is -0.497 e. The van der Waals surface area contributed by atoms with Crippen molar-refractivity contribution < 1.29 is 22.7 Å². The highest BCUT2D eigenvalue weighted by Gasteiger charge is 2.31. The van der Waals surface area contributed by atoms with Crippen molar-refractivity contribution in [3.8, 4) is 5.75 Å². The molecule has 0 saturated carbocycles. The first-order valence-electron chi connectivity index (χ1n) is 12.0. The number of aryl methyl sites for hydroxylation is 1. The van der Waals surface area contributed by atoms with Crippen LogP contribution in [0.1, 0.15) is 44.2 Å². The fraction of sp³-hybridized carbons (Fsp3) is 0.462. The van der Waals surface area contributed by atoms with Gasteiger partial charge in [0.1, 0.15) is 18.3 Å². The van der Waals surface area contributed by atoms with Gasteiger partial charge in [-0.1, -0.05) is 50.1 Å². The largest absolute Gasteiger partial charge is 0.497 e. The predicted octanol–water partition coefficient (Wildman–Crippen LogP) is 4.15. The molecule has 1 atom stereocenters.